The summed E-state index contributed by atoms with van der Waals surface area (Å²) in [5.41, 5.74) is -0.407. The van der Waals surface area contributed by atoms with Crippen LogP contribution >= 0.6 is 0 Å². The zero-order chi connectivity index (χ0) is 14.9. The molecule has 0 aromatic carbocycles. The van der Waals surface area contributed by atoms with Crippen LogP contribution < -0.4 is 11.2 Å². The van der Waals surface area contributed by atoms with E-state index in [1.54, 1.807) is 6.92 Å². The highest BCUT2D eigenvalue weighted by molar-refractivity contribution is 6.00. The minimum atomic E-state index is -0.540. The molecule has 0 aliphatic heterocycles. The van der Waals surface area contributed by atoms with Gasteiger partial charge < -0.3 is 5.11 Å². The van der Waals surface area contributed by atoms with E-state index in [0.29, 0.717) is 5.71 Å². The molecule has 6 nitrogen and oxygen atoms in total. The highest BCUT2D eigenvalue weighted by Crippen LogP contribution is 2.21. The number of hydrogen-bond donors (Lipinski definition) is 1. The van der Waals surface area contributed by atoms with Crippen LogP contribution in [-0.2, 0) is 14.1 Å². The standard InChI is InChI=1S/C14H21N3O3/c1-9(15-10-7-5-4-6-8-10)11-12(18)16(2)14(20)17(3)13(11)19/h10,18H,4-8H2,1-3H3. The maximum absolute atomic E-state index is 12.2. The van der Waals surface area contributed by atoms with Gasteiger partial charge in [-0.15, -0.1) is 0 Å². The molecule has 1 N–H and O–H groups in total. The van der Waals surface area contributed by atoms with E-state index in [4.69, 9.17) is 0 Å². The van der Waals surface area contributed by atoms with Gasteiger partial charge in [0, 0.05) is 14.1 Å². The second kappa shape index (κ2) is 5.64. The van der Waals surface area contributed by atoms with Crippen LogP contribution in [0.25, 0.3) is 0 Å². The summed E-state index contributed by atoms with van der Waals surface area (Å²) >= 11 is 0. The molecule has 0 spiro atoms. The smallest absolute Gasteiger partial charge is 0.333 e. The number of hydrogen-bond acceptors (Lipinski definition) is 4. The lowest BCUT2D eigenvalue weighted by molar-refractivity contribution is 0.409. The van der Waals surface area contributed by atoms with Crippen molar-refractivity contribution in [3.8, 4) is 5.88 Å². The maximum Gasteiger partial charge on any atom is 0.333 e. The van der Waals surface area contributed by atoms with E-state index in [2.05, 4.69) is 4.99 Å². The van der Waals surface area contributed by atoms with Gasteiger partial charge >= 0.3 is 5.69 Å². The number of nitrogens with zero attached hydrogens (tertiary/aromatic N) is 3. The summed E-state index contributed by atoms with van der Waals surface area (Å²) in [6.45, 7) is 1.72. The van der Waals surface area contributed by atoms with E-state index in [-0.39, 0.29) is 17.5 Å². The zero-order valence-corrected chi connectivity index (χ0v) is 12.2. The fourth-order valence-electron chi connectivity index (χ4n) is 2.70. The van der Waals surface area contributed by atoms with Crippen molar-refractivity contribution in [1.82, 2.24) is 9.13 Å². The van der Waals surface area contributed by atoms with E-state index >= 15 is 0 Å². The molecule has 0 saturated heterocycles. The molecule has 1 aliphatic rings. The van der Waals surface area contributed by atoms with Gasteiger partial charge in [0.1, 0.15) is 5.56 Å². The van der Waals surface area contributed by atoms with Crippen LogP contribution in [-0.4, -0.2) is 26.0 Å². The summed E-state index contributed by atoms with van der Waals surface area (Å²) in [7, 11) is 2.84. The lowest BCUT2D eigenvalue weighted by Crippen LogP contribution is -2.39. The summed E-state index contributed by atoms with van der Waals surface area (Å²) in [4.78, 5) is 28.4. The molecule has 0 radical (unpaired) electrons. The van der Waals surface area contributed by atoms with Crippen molar-refractivity contribution in [3.63, 3.8) is 0 Å². The van der Waals surface area contributed by atoms with Gasteiger partial charge in [-0.3, -0.25) is 18.9 Å². The van der Waals surface area contributed by atoms with Crippen LogP contribution in [0, 0.1) is 0 Å². The lowest BCUT2D eigenvalue weighted by atomic mass is 9.96. The normalized spacial score (nSPS) is 17.4. The molecule has 2 rings (SSSR count). The van der Waals surface area contributed by atoms with Gasteiger partial charge in [-0.2, -0.15) is 0 Å². The Kier molecular flexibility index (Phi) is 4.11. The predicted octanol–water partition coefficient (Wildman–Crippen LogP) is 0.931. The Balaban J connectivity index is 2.49. The minimum absolute atomic E-state index is 0.125. The molecule has 20 heavy (non-hydrogen) atoms. The highest BCUT2D eigenvalue weighted by Gasteiger charge is 2.19. The Bertz CT molecular complexity index is 649. The molecule has 0 atom stereocenters. The fraction of sp³-hybridized carbons (Fsp3) is 0.643. The van der Waals surface area contributed by atoms with Crippen molar-refractivity contribution >= 4 is 5.71 Å². The first kappa shape index (κ1) is 14.6. The first-order valence-electron chi connectivity index (χ1n) is 6.97. The van der Waals surface area contributed by atoms with Crippen molar-refractivity contribution in [2.45, 2.75) is 45.1 Å². The molecular weight excluding hydrogens is 258 g/mol. The second-order valence-corrected chi connectivity index (χ2v) is 5.41. The van der Waals surface area contributed by atoms with Crippen LogP contribution in [0.2, 0.25) is 0 Å². The van der Waals surface area contributed by atoms with Crippen LogP contribution in [0.15, 0.2) is 14.6 Å². The molecule has 6 heteroatoms. The zero-order valence-electron chi connectivity index (χ0n) is 12.2. The third-order valence-corrected chi connectivity index (χ3v) is 3.95. The molecular formula is C14H21N3O3. The quantitative estimate of drug-likeness (QED) is 0.818. The number of aliphatic imine (C=N–C) groups is 1. The minimum Gasteiger partial charge on any atom is -0.494 e. The van der Waals surface area contributed by atoms with Crippen LogP contribution in [0.5, 0.6) is 5.88 Å². The van der Waals surface area contributed by atoms with Crippen molar-refractivity contribution in [2.75, 3.05) is 0 Å². The SMILES string of the molecule is CC(=NC1CCCCC1)c1c(O)n(C)c(=O)n(C)c1=O. The third kappa shape index (κ3) is 2.55. The van der Waals surface area contributed by atoms with Gasteiger partial charge in [0.05, 0.1) is 11.8 Å². The third-order valence-electron chi connectivity index (χ3n) is 3.95. The monoisotopic (exact) mass is 279 g/mol. The molecule has 1 fully saturated rings. The fourth-order valence-corrected chi connectivity index (χ4v) is 2.70. The maximum atomic E-state index is 12.2. The molecule has 0 bridgehead atoms. The lowest BCUT2D eigenvalue weighted by Gasteiger charge is -2.19. The van der Waals surface area contributed by atoms with E-state index in [0.717, 1.165) is 34.8 Å². The van der Waals surface area contributed by atoms with E-state index in [1.165, 1.54) is 20.5 Å². The van der Waals surface area contributed by atoms with Gasteiger partial charge in [0.15, 0.2) is 0 Å². The van der Waals surface area contributed by atoms with Gasteiger partial charge in [-0.1, -0.05) is 19.3 Å². The Morgan fingerprint density at radius 1 is 1.15 bits per heavy atom. The summed E-state index contributed by atoms with van der Waals surface area (Å²) in [6, 6.07) is 0.213. The molecule has 0 amide bonds. The van der Waals surface area contributed by atoms with Gasteiger partial charge in [0.25, 0.3) is 5.56 Å². The summed E-state index contributed by atoms with van der Waals surface area (Å²) in [5.74, 6) is -0.310. The van der Waals surface area contributed by atoms with Crippen molar-refractivity contribution in [3.05, 3.63) is 26.4 Å². The Hall–Kier alpha value is -1.85. The van der Waals surface area contributed by atoms with Crippen molar-refractivity contribution in [1.29, 1.82) is 0 Å². The number of aromatic nitrogens is 2. The molecule has 1 heterocycles. The molecule has 1 aromatic heterocycles. The molecule has 1 saturated carbocycles. The highest BCUT2D eigenvalue weighted by atomic mass is 16.3. The number of rotatable bonds is 2. The number of aromatic hydroxyl groups is 1. The van der Waals surface area contributed by atoms with Gasteiger partial charge in [-0.05, 0) is 19.8 Å². The predicted molar refractivity (Wildman–Crippen MR) is 77.7 cm³/mol. The molecule has 0 unspecified atom stereocenters. The van der Waals surface area contributed by atoms with Gasteiger partial charge in [-0.25, -0.2) is 4.79 Å². The molecule has 110 valence electrons. The van der Waals surface area contributed by atoms with E-state index in [1.807, 2.05) is 0 Å². The average molecular weight is 279 g/mol. The first-order chi connectivity index (χ1) is 9.43. The van der Waals surface area contributed by atoms with Crippen LogP contribution in [0.4, 0.5) is 0 Å². The van der Waals surface area contributed by atoms with Gasteiger partial charge in [0.2, 0.25) is 5.88 Å². The van der Waals surface area contributed by atoms with Crippen LogP contribution in [0.1, 0.15) is 44.6 Å². The topological polar surface area (TPSA) is 76.6 Å². The first-order valence-corrected chi connectivity index (χ1v) is 6.97. The Morgan fingerprint density at radius 3 is 2.35 bits per heavy atom. The average Bonchev–Trinajstić information content (AvgIpc) is 2.44. The second-order valence-electron chi connectivity index (χ2n) is 5.41. The Morgan fingerprint density at radius 2 is 1.75 bits per heavy atom. The summed E-state index contributed by atoms with van der Waals surface area (Å²) in [5, 5.41) is 10.1. The Labute approximate surface area is 117 Å². The molecule has 1 aromatic rings. The van der Waals surface area contributed by atoms with Crippen molar-refractivity contribution < 1.29 is 5.11 Å². The van der Waals surface area contributed by atoms with Crippen LogP contribution in [0.3, 0.4) is 0 Å². The molecule has 1 aliphatic carbocycles. The van der Waals surface area contributed by atoms with Crippen molar-refractivity contribution in [2.24, 2.45) is 19.1 Å². The summed E-state index contributed by atoms with van der Waals surface area (Å²) in [6.07, 6.45) is 5.57. The summed E-state index contributed by atoms with van der Waals surface area (Å²) < 4.78 is 2.06. The largest absolute Gasteiger partial charge is 0.494 e. The van der Waals surface area contributed by atoms with E-state index < -0.39 is 11.2 Å². The van der Waals surface area contributed by atoms with E-state index in [9.17, 15) is 14.7 Å².